The lowest BCUT2D eigenvalue weighted by atomic mass is 10.2. The average molecular weight is 256 g/mol. The molecule has 2 rings (SSSR count). The third-order valence-electron chi connectivity index (χ3n) is 3.26. The molecule has 2 N–H and O–H groups in total. The van der Waals surface area contributed by atoms with E-state index in [1.165, 1.54) is 4.88 Å². The van der Waals surface area contributed by atoms with E-state index >= 15 is 0 Å². The van der Waals surface area contributed by atoms with Crippen LogP contribution in [0.25, 0.3) is 0 Å². The van der Waals surface area contributed by atoms with Gasteiger partial charge in [-0.2, -0.15) is 0 Å². The van der Waals surface area contributed by atoms with Crippen molar-refractivity contribution in [2.24, 2.45) is 5.73 Å². The molecular weight excluding hydrogens is 236 g/mol. The molecule has 3 unspecified atom stereocenters. The number of nitrogens with zero attached hydrogens (tertiary/aromatic N) is 1. The molecule has 1 aliphatic heterocycles. The maximum atomic E-state index is 6.18. The van der Waals surface area contributed by atoms with Crippen LogP contribution in [0.3, 0.4) is 0 Å². The normalized spacial score (nSPS) is 27.5. The van der Waals surface area contributed by atoms with Gasteiger partial charge in [-0.3, -0.25) is 4.90 Å². The molecule has 96 valence electrons. The first-order chi connectivity index (χ1) is 8.24. The third-order valence-corrected chi connectivity index (χ3v) is 4.26. The lowest BCUT2D eigenvalue weighted by Gasteiger charge is -2.19. The highest BCUT2D eigenvalue weighted by molar-refractivity contribution is 7.10. The summed E-state index contributed by atoms with van der Waals surface area (Å²) < 4.78 is 10.8. The standard InChI is InChI=1S/C12H20N2O2S/c1-15-10-7-14(8-11(10)16-2)6-9(13)12-4-3-5-17-12/h3-5,9-11H,6-8,13H2,1-2H3. The molecule has 0 aromatic carbocycles. The molecule has 0 amide bonds. The number of thiophene rings is 1. The lowest BCUT2D eigenvalue weighted by Crippen LogP contribution is -2.31. The van der Waals surface area contributed by atoms with E-state index in [-0.39, 0.29) is 18.2 Å². The minimum absolute atomic E-state index is 0.0862. The molecule has 0 spiro atoms. The van der Waals surface area contributed by atoms with E-state index in [0.29, 0.717) is 0 Å². The molecule has 0 radical (unpaired) electrons. The van der Waals surface area contributed by atoms with Crippen molar-refractivity contribution in [2.45, 2.75) is 18.2 Å². The minimum Gasteiger partial charge on any atom is -0.377 e. The molecule has 0 aliphatic carbocycles. The second-order valence-electron chi connectivity index (χ2n) is 4.39. The predicted molar refractivity (Wildman–Crippen MR) is 69.3 cm³/mol. The second-order valence-corrected chi connectivity index (χ2v) is 5.37. The van der Waals surface area contributed by atoms with Gasteiger partial charge in [0.2, 0.25) is 0 Å². The van der Waals surface area contributed by atoms with Crippen molar-refractivity contribution in [3.8, 4) is 0 Å². The maximum Gasteiger partial charge on any atom is 0.0971 e. The predicted octanol–water partition coefficient (Wildman–Crippen LogP) is 1.09. The molecule has 2 heterocycles. The zero-order valence-electron chi connectivity index (χ0n) is 10.3. The number of rotatable bonds is 5. The number of hydrogen-bond donors (Lipinski definition) is 1. The summed E-state index contributed by atoms with van der Waals surface area (Å²) in [6, 6.07) is 4.22. The van der Waals surface area contributed by atoms with Gasteiger partial charge in [-0.25, -0.2) is 0 Å². The van der Waals surface area contributed by atoms with E-state index in [1.54, 1.807) is 25.6 Å². The minimum atomic E-state index is 0.0862. The fourth-order valence-electron chi connectivity index (χ4n) is 2.29. The van der Waals surface area contributed by atoms with Crippen LogP contribution in [-0.2, 0) is 9.47 Å². The highest BCUT2D eigenvalue weighted by Crippen LogP contribution is 2.21. The van der Waals surface area contributed by atoms with Crippen LogP contribution < -0.4 is 5.73 Å². The van der Waals surface area contributed by atoms with Crippen molar-refractivity contribution in [3.05, 3.63) is 22.4 Å². The first kappa shape index (κ1) is 13.0. The molecule has 17 heavy (non-hydrogen) atoms. The Hall–Kier alpha value is -0.460. The Labute approximate surface area is 106 Å². The first-order valence-corrected chi connectivity index (χ1v) is 6.69. The number of likely N-dealkylation sites (tertiary alicyclic amines) is 1. The Morgan fingerprint density at radius 1 is 1.41 bits per heavy atom. The summed E-state index contributed by atoms with van der Waals surface area (Å²) in [6.07, 6.45) is 0.325. The van der Waals surface area contributed by atoms with Crippen LogP contribution in [0.5, 0.6) is 0 Å². The molecule has 1 aromatic rings. The Kier molecular flexibility index (Phi) is 4.53. The highest BCUT2D eigenvalue weighted by Gasteiger charge is 2.33. The number of ether oxygens (including phenoxy) is 2. The number of methoxy groups -OCH3 is 2. The Morgan fingerprint density at radius 3 is 2.53 bits per heavy atom. The van der Waals surface area contributed by atoms with Gasteiger partial charge in [-0.05, 0) is 11.4 Å². The van der Waals surface area contributed by atoms with Crippen molar-refractivity contribution in [1.29, 1.82) is 0 Å². The Balaban J connectivity index is 1.88. The first-order valence-electron chi connectivity index (χ1n) is 5.81. The van der Waals surface area contributed by atoms with Gasteiger partial charge < -0.3 is 15.2 Å². The van der Waals surface area contributed by atoms with Crippen LogP contribution in [0.4, 0.5) is 0 Å². The summed E-state index contributed by atoms with van der Waals surface area (Å²) in [6.45, 7) is 2.66. The maximum absolute atomic E-state index is 6.18. The van der Waals surface area contributed by atoms with E-state index < -0.39 is 0 Å². The Bertz CT molecular complexity index is 319. The summed E-state index contributed by atoms with van der Waals surface area (Å²) in [4.78, 5) is 3.55. The van der Waals surface area contributed by atoms with E-state index in [2.05, 4.69) is 16.3 Å². The second kappa shape index (κ2) is 5.93. The molecule has 5 heteroatoms. The van der Waals surface area contributed by atoms with E-state index in [0.717, 1.165) is 19.6 Å². The van der Waals surface area contributed by atoms with Gasteiger partial charge >= 0.3 is 0 Å². The zero-order chi connectivity index (χ0) is 12.3. The van der Waals surface area contributed by atoms with Crippen LogP contribution in [0.15, 0.2) is 17.5 Å². The largest absolute Gasteiger partial charge is 0.377 e. The summed E-state index contributed by atoms with van der Waals surface area (Å²) in [5, 5.41) is 2.06. The molecule has 0 saturated carbocycles. The van der Waals surface area contributed by atoms with Crippen LogP contribution in [-0.4, -0.2) is 51.0 Å². The third kappa shape index (κ3) is 3.05. The Morgan fingerprint density at radius 2 is 2.06 bits per heavy atom. The molecule has 1 saturated heterocycles. The van der Waals surface area contributed by atoms with E-state index in [1.807, 2.05) is 6.07 Å². The summed E-state index contributed by atoms with van der Waals surface area (Å²) in [5.41, 5.74) is 6.18. The molecule has 4 nitrogen and oxygen atoms in total. The molecule has 1 aromatic heterocycles. The SMILES string of the molecule is COC1CN(CC(N)c2cccs2)CC1OC. The van der Waals surface area contributed by atoms with Crippen molar-refractivity contribution in [1.82, 2.24) is 4.90 Å². The highest BCUT2D eigenvalue weighted by atomic mass is 32.1. The smallest absolute Gasteiger partial charge is 0.0971 e. The van der Waals surface area contributed by atoms with Gasteiger partial charge in [-0.1, -0.05) is 6.07 Å². The van der Waals surface area contributed by atoms with Crippen LogP contribution in [0.2, 0.25) is 0 Å². The topological polar surface area (TPSA) is 47.7 Å². The van der Waals surface area contributed by atoms with Gasteiger partial charge in [0.15, 0.2) is 0 Å². The number of hydrogen-bond acceptors (Lipinski definition) is 5. The average Bonchev–Trinajstić information content (AvgIpc) is 2.97. The van der Waals surface area contributed by atoms with Gasteiger partial charge in [0.1, 0.15) is 0 Å². The molecule has 0 bridgehead atoms. The van der Waals surface area contributed by atoms with E-state index in [9.17, 15) is 0 Å². The fraction of sp³-hybridized carbons (Fsp3) is 0.667. The van der Waals surface area contributed by atoms with Crippen LogP contribution >= 0.6 is 11.3 Å². The molecule has 1 aliphatic rings. The van der Waals surface area contributed by atoms with Gasteiger partial charge in [0, 0.05) is 38.7 Å². The van der Waals surface area contributed by atoms with Crippen molar-refractivity contribution in [3.63, 3.8) is 0 Å². The van der Waals surface area contributed by atoms with Gasteiger partial charge in [0.05, 0.1) is 18.2 Å². The fourth-order valence-corrected chi connectivity index (χ4v) is 3.01. The zero-order valence-corrected chi connectivity index (χ0v) is 11.2. The molecular formula is C12H20N2O2S. The van der Waals surface area contributed by atoms with E-state index in [4.69, 9.17) is 15.2 Å². The van der Waals surface area contributed by atoms with Crippen molar-refractivity contribution in [2.75, 3.05) is 33.9 Å². The number of nitrogens with two attached hydrogens (primary N) is 1. The molecule has 1 fully saturated rings. The molecule has 3 atom stereocenters. The summed E-state index contributed by atoms with van der Waals surface area (Å²) in [7, 11) is 3.47. The summed E-state index contributed by atoms with van der Waals surface area (Å²) in [5.74, 6) is 0. The quantitative estimate of drug-likeness (QED) is 0.857. The van der Waals surface area contributed by atoms with Crippen molar-refractivity contribution < 1.29 is 9.47 Å². The van der Waals surface area contributed by atoms with Crippen LogP contribution in [0.1, 0.15) is 10.9 Å². The lowest BCUT2D eigenvalue weighted by molar-refractivity contribution is -0.00461. The summed E-state index contributed by atoms with van der Waals surface area (Å²) >= 11 is 1.71. The van der Waals surface area contributed by atoms with Crippen LogP contribution in [0, 0.1) is 0 Å². The van der Waals surface area contributed by atoms with Crippen molar-refractivity contribution >= 4 is 11.3 Å². The monoisotopic (exact) mass is 256 g/mol. The van der Waals surface area contributed by atoms with Gasteiger partial charge in [0.25, 0.3) is 0 Å². The van der Waals surface area contributed by atoms with Gasteiger partial charge in [-0.15, -0.1) is 11.3 Å².